The summed E-state index contributed by atoms with van der Waals surface area (Å²) in [6, 6.07) is 44.9. The maximum atomic E-state index is 4.37. The Balaban J connectivity index is 0.000000181. The van der Waals surface area contributed by atoms with Crippen LogP contribution in [0.3, 0.4) is 0 Å². The Morgan fingerprint density at radius 1 is 0.805 bits per heavy atom. The van der Waals surface area contributed by atoms with Crippen LogP contribution < -0.4 is 10.9 Å². The van der Waals surface area contributed by atoms with Crippen LogP contribution in [0.2, 0.25) is 11.9 Å². The maximum absolute atomic E-state index is 4.37. The highest BCUT2D eigenvalue weighted by atomic mass is 28.2. The number of rotatable bonds is 10. The molecule has 1 saturated carbocycles. The van der Waals surface area contributed by atoms with Gasteiger partial charge in [0.25, 0.3) is 0 Å². The zero-order chi connectivity index (χ0) is 28.3. The van der Waals surface area contributed by atoms with Crippen LogP contribution in [-0.2, 0) is 5.16 Å². The molecular formula is C37H41BN2Si. The summed E-state index contributed by atoms with van der Waals surface area (Å²) in [7, 11) is -0.517. The second kappa shape index (κ2) is 14.1. The van der Waals surface area contributed by atoms with Crippen LogP contribution in [0.1, 0.15) is 44.2 Å². The first-order chi connectivity index (χ1) is 20.2. The van der Waals surface area contributed by atoms with Crippen molar-refractivity contribution in [2.75, 3.05) is 0 Å². The summed E-state index contributed by atoms with van der Waals surface area (Å²) in [4.78, 5) is 4.37. The molecule has 0 atom stereocenters. The van der Waals surface area contributed by atoms with Crippen molar-refractivity contribution >= 4 is 27.2 Å². The summed E-state index contributed by atoms with van der Waals surface area (Å²) in [5.41, 5.74) is 7.15. The number of hydrogen-bond donors (Lipinski definition) is 0. The van der Waals surface area contributed by atoms with Gasteiger partial charge in [0, 0.05) is 12.4 Å². The lowest BCUT2D eigenvalue weighted by molar-refractivity contribution is 0.590. The average molecular weight is 553 g/mol. The Kier molecular flexibility index (Phi) is 9.88. The molecule has 0 radical (unpaired) electrons. The third-order valence-electron chi connectivity index (χ3n) is 8.46. The Labute approximate surface area is 249 Å². The van der Waals surface area contributed by atoms with Crippen LogP contribution in [0.25, 0.3) is 0 Å². The van der Waals surface area contributed by atoms with Crippen molar-refractivity contribution in [2.45, 2.75) is 50.1 Å². The molecule has 206 valence electrons. The van der Waals surface area contributed by atoms with Crippen molar-refractivity contribution in [2.24, 2.45) is 0 Å². The summed E-state index contributed by atoms with van der Waals surface area (Å²) in [5, 5.41) is -0.0902. The minimum absolute atomic E-state index is 0.0902. The Hall–Kier alpha value is -3.89. The van der Waals surface area contributed by atoms with Gasteiger partial charge in [-0.3, -0.25) is 0 Å². The Morgan fingerprint density at radius 3 is 1.71 bits per heavy atom. The highest BCUT2D eigenvalue weighted by Gasteiger charge is 2.37. The monoisotopic (exact) mass is 552 g/mol. The van der Waals surface area contributed by atoms with Gasteiger partial charge in [-0.25, -0.2) is 4.98 Å². The van der Waals surface area contributed by atoms with Gasteiger partial charge in [-0.1, -0.05) is 169 Å². The first-order valence-corrected chi connectivity index (χ1v) is 16.7. The van der Waals surface area contributed by atoms with Gasteiger partial charge in [0.15, 0.2) is 0 Å². The van der Waals surface area contributed by atoms with E-state index in [0.29, 0.717) is 6.71 Å². The van der Waals surface area contributed by atoms with E-state index in [2.05, 4.69) is 157 Å². The van der Waals surface area contributed by atoms with Crippen molar-refractivity contribution in [3.63, 3.8) is 0 Å². The van der Waals surface area contributed by atoms with Crippen LogP contribution >= 0.6 is 0 Å². The first kappa shape index (κ1) is 28.6. The van der Waals surface area contributed by atoms with E-state index in [9.17, 15) is 0 Å². The van der Waals surface area contributed by atoms with Gasteiger partial charge in [-0.05, 0) is 31.4 Å². The fourth-order valence-corrected chi connectivity index (χ4v) is 8.79. The minimum Gasteiger partial charge on any atom is -0.327 e. The SMILES string of the molecule is CC=C(C)CC[SiH2]C(c1ccccc1)(c1ccccc1)n1ccnc1.c1ccc(B(c2ccccc2)C2CC2)cc1. The summed E-state index contributed by atoms with van der Waals surface area (Å²) in [6.45, 7) is 4.98. The topological polar surface area (TPSA) is 17.8 Å². The van der Waals surface area contributed by atoms with Crippen LogP contribution in [0.4, 0.5) is 0 Å². The van der Waals surface area contributed by atoms with Crippen LogP contribution in [0.15, 0.2) is 152 Å². The molecule has 2 nitrogen and oxygen atoms in total. The van der Waals surface area contributed by atoms with Crippen molar-refractivity contribution in [1.29, 1.82) is 0 Å². The van der Waals surface area contributed by atoms with E-state index in [1.54, 1.807) is 0 Å². The molecule has 0 spiro atoms. The lowest BCUT2D eigenvalue weighted by atomic mass is 9.37. The molecule has 1 fully saturated rings. The molecule has 0 N–H and O–H groups in total. The third kappa shape index (κ3) is 7.07. The smallest absolute Gasteiger partial charge is 0.212 e. The van der Waals surface area contributed by atoms with E-state index >= 15 is 0 Å². The molecule has 0 saturated heterocycles. The molecule has 5 aromatic rings. The standard InChI is InChI=1S/C22H26N2Si.C15H15B/c1-3-19(2)14-17-25-22(24-16-15-23-18-24,20-10-6-4-7-11-20)21-12-8-5-9-13-21;1-3-7-13(8-4-1)16(15-11-12-15)14-9-5-2-6-10-14/h3-13,15-16,18H,14,17,25H2,1-2H3;1-10,15H,11-12H2. The second-order valence-corrected chi connectivity index (χ2v) is 13.4. The molecule has 6 rings (SSSR count). The fraction of sp³-hybridized carbons (Fsp3) is 0.216. The highest BCUT2D eigenvalue weighted by molar-refractivity contribution is 6.86. The van der Waals surface area contributed by atoms with Crippen LogP contribution in [-0.4, -0.2) is 25.8 Å². The van der Waals surface area contributed by atoms with Gasteiger partial charge in [0.1, 0.15) is 0 Å². The number of imidazole rings is 1. The molecular weight excluding hydrogens is 511 g/mol. The Morgan fingerprint density at radius 2 is 1.29 bits per heavy atom. The minimum atomic E-state index is -0.517. The van der Waals surface area contributed by atoms with Crippen molar-refractivity contribution < 1.29 is 0 Å². The van der Waals surface area contributed by atoms with E-state index < -0.39 is 9.52 Å². The van der Waals surface area contributed by atoms with Crippen molar-refractivity contribution in [3.05, 3.63) is 163 Å². The lowest BCUT2D eigenvalue weighted by Gasteiger charge is -2.37. The Bertz CT molecular complexity index is 1390. The predicted octanol–water partition coefficient (Wildman–Crippen LogP) is 7.04. The van der Waals surface area contributed by atoms with Crippen molar-refractivity contribution in [3.8, 4) is 0 Å². The highest BCUT2D eigenvalue weighted by Crippen LogP contribution is 2.38. The molecule has 0 bridgehead atoms. The largest absolute Gasteiger partial charge is 0.327 e. The lowest BCUT2D eigenvalue weighted by Crippen LogP contribution is -2.42. The summed E-state index contributed by atoms with van der Waals surface area (Å²) in [5.74, 6) is 0.866. The first-order valence-electron chi connectivity index (χ1n) is 15.0. The number of nitrogens with zero attached hydrogens (tertiary/aromatic N) is 2. The molecule has 4 heteroatoms. The zero-order valence-corrected chi connectivity index (χ0v) is 25.9. The second-order valence-electron chi connectivity index (χ2n) is 11.2. The molecule has 1 heterocycles. The normalized spacial score (nSPS) is 13.6. The van der Waals surface area contributed by atoms with Crippen LogP contribution in [0, 0.1) is 0 Å². The quantitative estimate of drug-likeness (QED) is 0.134. The van der Waals surface area contributed by atoms with Gasteiger partial charge in [-0.15, -0.1) is 0 Å². The number of benzene rings is 4. The van der Waals surface area contributed by atoms with E-state index in [4.69, 9.17) is 0 Å². The molecule has 0 aliphatic heterocycles. The number of aromatic nitrogens is 2. The molecule has 1 aliphatic rings. The van der Waals surface area contributed by atoms with E-state index in [-0.39, 0.29) is 5.16 Å². The fourth-order valence-electron chi connectivity index (χ4n) is 6.05. The molecule has 0 amide bonds. The summed E-state index contributed by atoms with van der Waals surface area (Å²) in [6.07, 6.45) is 12.2. The number of hydrogen-bond acceptors (Lipinski definition) is 1. The third-order valence-corrected chi connectivity index (χ3v) is 11.1. The van der Waals surface area contributed by atoms with Gasteiger partial charge < -0.3 is 4.57 Å². The zero-order valence-electron chi connectivity index (χ0n) is 24.4. The summed E-state index contributed by atoms with van der Waals surface area (Å²) < 4.78 is 2.33. The molecule has 41 heavy (non-hydrogen) atoms. The molecule has 4 aromatic carbocycles. The molecule has 0 unspecified atom stereocenters. The van der Waals surface area contributed by atoms with E-state index in [0.717, 1.165) is 5.82 Å². The van der Waals surface area contributed by atoms with E-state index in [1.807, 2.05) is 12.5 Å². The van der Waals surface area contributed by atoms with Crippen molar-refractivity contribution in [1.82, 2.24) is 9.55 Å². The number of allylic oxidation sites excluding steroid dienone is 2. The maximum Gasteiger partial charge on any atom is 0.212 e. The molecule has 1 aliphatic carbocycles. The van der Waals surface area contributed by atoms with Gasteiger partial charge in [-0.2, -0.15) is 0 Å². The molecule has 1 aromatic heterocycles. The average Bonchev–Trinajstić information content (AvgIpc) is 3.72. The van der Waals surface area contributed by atoms with Gasteiger partial charge in [0.05, 0.1) is 21.0 Å². The van der Waals surface area contributed by atoms with Crippen LogP contribution in [0.5, 0.6) is 0 Å². The van der Waals surface area contributed by atoms with E-state index in [1.165, 1.54) is 52.9 Å². The van der Waals surface area contributed by atoms with Gasteiger partial charge >= 0.3 is 0 Å². The predicted molar refractivity (Wildman–Crippen MR) is 180 cm³/mol. The summed E-state index contributed by atoms with van der Waals surface area (Å²) >= 11 is 0. The van der Waals surface area contributed by atoms with Gasteiger partial charge in [0.2, 0.25) is 6.71 Å².